The van der Waals surface area contributed by atoms with Gasteiger partial charge in [0.15, 0.2) is 5.52 Å². The maximum Gasteiger partial charge on any atom is 0.292 e. The van der Waals surface area contributed by atoms with Crippen molar-refractivity contribution < 1.29 is 0 Å². The Labute approximate surface area is 123 Å². The lowest BCUT2D eigenvalue weighted by Gasteiger charge is -1.98. The van der Waals surface area contributed by atoms with E-state index in [0.29, 0.717) is 5.52 Å². The molecule has 0 atom stereocenters. The molecule has 0 radical (unpaired) electrons. The van der Waals surface area contributed by atoms with Crippen LogP contribution in [0.25, 0.3) is 27.2 Å². The molecule has 3 aromatic heterocycles. The summed E-state index contributed by atoms with van der Waals surface area (Å²) in [5.74, 6) is 0. The predicted octanol–water partition coefficient (Wildman–Crippen LogP) is 2.84. The molecule has 0 spiro atoms. The van der Waals surface area contributed by atoms with Crippen molar-refractivity contribution in [2.24, 2.45) is 0 Å². The van der Waals surface area contributed by atoms with Gasteiger partial charge in [-0.15, -0.1) is 11.3 Å². The molecule has 0 aliphatic carbocycles. The van der Waals surface area contributed by atoms with Crippen molar-refractivity contribution in [1.82, 2.24) is 20.0 Å². The molecule has 3 heterocycles. The van der Waals surface area contributed by atoms with E-state index >= 15 is 0 Å². The fourth-order valence-corrected chi connectivity index (χ4v) is 2.98. The lowest BCUT2D eigenvalue weighted by molar-refractivity contribution is 0.891. The number of rotatable bonds is 2. The lowest BCUT2D eigenvalue weighted by atomic mass is 10.2. The minimum absolute atomic E-state index is 0.278. The van der Waals surface area contributed by atoms with Crippen molar-refractivity contribution in [2.45, 2.75) is 0 Å². The zero-order chi connectivity index (χ0) is 14.2. The summed E-state index contributed by atoms with van der Waals surface area (Å²) in [6, 6.07) is 13.6. The molecule has 0 bridgehead atoms. The Kier molecular flexibility index (Phi) is 2.68. The Morgan fingerprint density at radius 1 is 1.10 bits per heavy atom. The van der Waals surface area contributed by atoms with Gasteiger partial charge in [0.25, 0.3) is 5.56 Å². The summed E-state index contributed by atoms with van der Waals surface area (Å²) < 4.78 is 1.71. The van der Waals surface area contributed by atoms with Crippen LogP contribution < -0.4 is 5.56 Å². The monoisotopic (exact) mass is 294 g/mol. The molecular formula is C15H10N4OS. The molecule has 0 fully saturated rings. The molecule has 4 aromatic rings. The second-order valence-electron chi connectivity index (χ2n) is 4.55. The number of H-pyrrole nitrogens is 1. The molecule has 5 nitrogen and oxygen atoms in total. The van der Waals surface area contributed by atoms with E-state index in [-0.39, 0.29) is 5.56 Å². The Morgan fingerprint density at radius 3 is 2.71 bits per heavy atom. The molecule has 0 aliphatic rings. The van der Waals surface area contributed by atoms with E-state index in [1.54, 1.807) is 16.0 Å². The molecule has 1 N–H and O–H groups in total. The Morgan fingerprint density at radius 2 is 1.95 bits per heavy atom. The van der Waals surface area contributed by atoms with Crippen LogP contribution in [0.3, 0.4) is 0 Å². The van der Waals surface area contributed by atoms with Gasteiger partial charge in [-0.05, 0) is 23.6 Å². The standard InChI is InChI=1S/C15H10N4OS/c20-15-14-11(13(16-17-15)12-7-4-8-21-12)9-19(18-14)10-5-2-1-3-6-10/h1-9H,(H,17,20). The summed E-state index contributed by atoms with van der Waals surface area (Å²) in [7, 11) is 0. The average molecular weight is 294 g/mol. The number of nitrogens with zero attached hydrogens (tertiary/aromatic N) is 3. The molecular weight excluding hydrogens is 284 g/mol. The number of benzene rings is 1. The number of para-hydroxylation sites is 1. The SMILES string of the molecule is O=c1[nH]nc(-c2cccs2)c2cn(-c3ccccc3)nc12. The highest BCUT2D eigenvalue weighted by molar-refractivity contribution is 7.13. The van der Waals surface area contributed by atoms with Gasteiger partial charge in [0.2, 0.25) is 0 Å². The first-order valence-corrected chi connectivity index (χ1v) is 7.28. The maximum absolute atomic E-state index is 12.0. The summed E-state index contributed by atoms with van der Waals surface area (Å²) in [6.07, 6.45) is 1.85. The van der Waals surface area contributed by atoms with Crippen LogP contribution in [0, 0.1) is 0 Å². The van der Waals surface area contributed by atoms with Crippen LogP contribution in [-0.4, -0.2) is 20.0 Å². The molecule has 0 amide bonds. The van der Waals surface area contributed by atoms with Crippen LogP contribution in [0.1, 0.15) is 0 Å². The third-order valence-electron chi connectivity index (χ3n) is 3.23. The van der Waals surface area contributed by atoms with Crippen molar-refractivity contribution in [3.05, 3.63) is 64.4 Å². The van der Waals surface area contributed by atoms with Gasteiger partial charge in [0, 0.05) is 6.20 Å². The smallest absolute Gasteiger partial charge is 0.265 e. The topological polar surface area (TPSA) is 63.6 Å². The number of fused-ring (bicyclic) bond motifs is 1. The van der Waals surface area contributed by atoms with Crippen molar-refractivity contribution in [3.63, 3.8) is 0 Å². The summed E-state index contributed by atoms with van der Waals surface area (Å²) >= 11 is 1.58. The summed E-state index contributed by atoms with van der Waals surface area (Å²) in [5.41, 5.74) is 1.78. The van der Waals surface area contributed by atoms with E-state index in [4.69, 9.17) is 0 Å². The summed E-state index contributed by atoms with van der Waals surface area (Å²) in [4.78, 5) is 13.0. The number of thiophene rings is 1. The van der Waals surface area contributed by atoms with Gasteiger partial charge in [0.1, 0.15) is 5.69 Å². The van der Waals surface area contributed by atoms with Crippen LogP contribution >= 0.6 is 11.3 Å². The molecule has 0 saturated carbocycles. The van der Waals surface area contributed by atoms with Crippen LogP contribution in [0.4, 0.5) is 0 Å². The number of aromatic nitrogens is 4. The van der Waals surface area contributed by atoms with Crippen LogP contribution in [-0.2, 0) is 0 Å². The Hall–Kier alpha value is -2.73. The first-order valence-electron chi connectivity index (χ1n) is 6.40. The van der Waals surface area contributed by atoms with E-state index in [1.165, 1.54) is 0 Å². The van der Waals surface area contributed by atoms with Gasteiger partial charge in [-0.3, -0.25) is 4.79 Å². The van der Waals surface area contributed by atoms with Gasteiger partial charge >= 0.3 is 0 Å². The van der Waals surface area contributed by atoms with Crippen molar-refractivity contribution >= 4 is 22.2 Å². The van der Waals surface area contributed by atoms with Gasteiger partial charge in [-0.2, -0.15) is 10.2 Å². The number of hydrogen-bond acceptors (Lipinski definition) is 4. The summed E-state index contributed by atoms with van der Waals surface area (Å²) in [5, 5.41) is 13.8. The van der Waals surface area contributed by atoms with Gasteiger partial charge < -0.3 is 0 Å². The van der Waals surface area contributed by atoms with E-state index in [2.05, 4.69) is 15.3 Å². The van der Waals surface area contributed by atoms with E-state index < -0.39 is 0 Å². The lowest BCUT2D eigenvalue weighted by Crippen LogP contribution is -2.09. The first kappa shape index (κ1) is 12.0. The van der Waals surface area contributed by atoms with Crippen molar-refractivity contribution in [2.75, 3.05) is 0 Å². The van der Waals surface area contributed by atoms with E-state index in [0.717, 1.165) is 21.6 Å². The maximum atomic E-state index is 12.0. The van der Waals surface area contributed by atoms with Gasteiger partial charge in [-0.25, -0.2) is 9.78 Å². The van der Waals surface area contributed by atoms with Crippen LogP contribution in [0.5, 0.6) is 0 Å². The molecule has 21 heavy (non-hydrogen) atoms. The predicted molar refractivity (Wildman–Crippen MR) is 82.8 cm³/mol. The fourth-order valence-electron chi connectivity index (χ4n) is 2.25. The van der Waals surface area contributed by atoms with E-state index in [9.17, 15) is 4.79 Å². The highest BCUT2D eigenvalue weighted by Gasteiger charge is 2.14. The largest absolute Gasteiger partial charge is 0.292 e. The zero-order valence-corrected chi connectivity index (χ0v) is 11.7. The quantitative estimate of drug-likeness (QED) is 0.618. The number of nitrogens with one attached hydrogen (secondary N) is 1. The molecule has 6 heteroatoms. The van der Waals surface area contributed by atoms with E-state index in [1.807, 2.05) is 54.0 Å². The molecule has 0 saturated heterocycles. The normalized spacial score (nSPS) is 11.0. The van der Waals surface area contributed by atoms with Crippen molar-refractivity contribution in [3.8, 4) is 16.3 Å². The fraction of sp³-hybridized carbons (Fsp3) is 0. The molecule has 0 unspecified atom stereocenters. The Bertz CT molecular complexity index is 954. The van der Waals surface area contributed by atoms with Gasteiger partial charge in [-0.1, -0.05) is 24.3 Å². The molecule has 1 aromatic carbocycles. The minimum atomic E-state index is -0.278. The number of aromatic amines is 1. The average Bonchev–Trinajstić information content (AvgIpc) is 3.18. The molecule has 102 valence electrons. The van der Waals surface area contributed by atoms with Crippen molar-refractivity contribution in [1.29, 1.82) is 0 Å². The van der Waals surface area contributed by atoms with Crippen LogP contribution in [0.2, 0.25) is 0 Å². The second-order valence-corrected chi connectivity index (χ2v) is 5.50. The highest BCUT2D eigenvalue weighted by Crippen LogP contribution is 2.28. The second kappa shape index (κ2) is 4.68. The first-order chi connectivity index (χ1) is 10.3. The zero-order valence-electron chi connectivity index (χ0n) is 10.9. The highest BCUT2D eigenvalue weighted by atomic mass is 32.1. The van der Waals surface area contributed by atoms with Gasteiger partial charge in [0.05, 0.1) is 16.0 Å². The van der Waals surface area contributed by atoms with Crippen LogP contribution in [0.15, 0.2) is 58.8 Å². The molecule has 4 rings (SSSR count). The minimum Gasteiger partial charge on any atom is -0.265 e. The third-order valence-corrected chi connectivity index (χ3v) is 4.11. The third kappa shape index (κ3) is 1.96. The Balaban J connectivity index is 2.01. The summed E-state index contributed by atoms with van der Waals surface area (Å²) in [6.45, 7) is 0. The molecule has 0 aliphatic heterocycles. The number of hydrogen-bond donors (Lipinski definition) is 1.